The Labute approximate surface area is 128 Å². The zero-order chi connectivity index (χ0) is 15.7. The van der Waals surface area contributed by atoms with Crippen molar-refractivity contribution >= 4 is 0 Å². The van der Waals surface area contributed by atoms with E-state index in [-0.39, 0.29) is 11.4 Å². The van der Waals surface area contributed by atoms with Gasteiger partial charge in [-0.25, -0.2) is 4.68 Å². The Morgan fingerprint density at radius 1 is 1.23 bits per heavy atom. The number of aromatic nitrogens is 2. The minimum absolute atomic E-state index is 0.0114. The number of aromatic hydroxyl groups is 1. The first-order chi connectivity index (χ1) is 10.7. The average molecular weight is 298 g/mol. The van der Waals surface area contributed by atoms with Gasteiger partial charge in [0.1, 0.15) is 11.3 Å². The lowest BCUT2D eigenvalue weighted by Gasteiger charge is -2.16. The summed E-state index contributed by atoms with van der Waals surface area (Å²) in [4.78, 5) is 12.6. The second-order valence-electron chi connectivity index (χ2n) is 5.25. The molecular weight excluding hydrogens is 280 g/mol. The number of hydrogen-bond donors (Lipinski definition) is 1. The van der Waals surface area contributed by atoms with Crippen molar-refractivity contribution in [2.45, 2.75) is 32.9 Å². The number of fused-ring (bicyclic) bond motifs is 1. The molecule has 0 unspecified atom stereocenters. The van der Waals surface area contributed by atoms with Gasteiger partial charge >= 0.3 is 0 Å². The molecule has 3 rings (SSSR count). The van der Waals surface area contributed by atoms with E-state index in [2.05, 4.69) is 11.8 Å². The number of ether oxygens (including phenoxy) is 1. The topological polar surface area (TPSA) is 56.4 Å². The SMILES string of the molecule is CC#Cc1ccc(-c2c(O)n3n(c2=O)CCCC3)c(OC)c1. The molecule has 1 N–H and O–H groups in total. The Kier molecular flexibility index (Phi) is 3.68. The van der Waals surface area contributed by atoms with Crippen LogP contribution in [0.4, 0.5) is 0 Å². The molecule has 22 heavy (non-hydrogen) atoms. The molecular formula is C17H18N2O3. The molecule has 1 aromatic carbocycles. The van der Waals surface area contributed by atoms with Gasteiger partial charge in [-0.3, -0.25) is 9.48 Å². The molecule has 0 spiro atoms. The third-order valence-electron chi connectivity index (χ3n) is 3.94. The second kappa shape index (κ2) is 5.64. The molecule has 1 aliphatic heterocycles. The fraction of sp³-hybridized carbons (Fsp3) is 0.353. The molecule has 2 aromatic rings. The lowest BCUT2D eigenvalue weighted by molar-refractivity contribution is 0.305. The molecule has 5 nitrogen and oxygen atoms in total. The highest BCUT2D eigenvalue weighted by molar-refractivity contribution is 5.75. The molecule has 0 saturated heterocycles. The van der Waals surface area contributed by atoms with Crippen LogP contribution in [-0.2, 0) is 13.1 Å². The van der Waals surface area contributed by atoms with Crippen LogP contribution < -0.4 is 10.3 Å². The summed E-state index contributed by atoms with van der Waals surface area (Å²) in [6.07, 6.45) is 1.91. The van der Waals surface area contributed by atoms with Gasteiger partial charge in [-0.1, -0.05) is 5.92 Å². The van der Waals surface area contributed by atoms with Gasteiger partial charge in [-0.15, -0.1) is 5.92 Å². The lowest BCUT2D eigenvalue weighted by Crippen LogP contribution is -2.27. The summed E-state index contributed by atoms with van der Waals surface area (Å²) >= 11 is 0. The standard InChI is InChI=1S/C17H18N2O3/c1-3-6-12-7-8-13(14(11-12)22-2)15-16(20)18-9-4-5-10-19(18)17(15)21/h7-8,11,20H,4-5,9-10H2,1-2H3. The maximum Gasteiger partial charge on any atom is 0.278 e. The highest BCUT2D eigenvalue weighted by Crippen LogP contribution is 2.35. The Balaban J connectivity index is 2.21. The molecule has 0 bridgehead atoms. The zero-order valence-electron chi connectivity index (χ0n) is 12.7. The summed E-state index contributed by atoms with van der Waals surface area (Å²) in [6.45, 7) is 3.05. The fourth-order valence-corrected chi connectivity index (χ4v) is 2.91. The van der Waals surface area contributed by atoms with Crippen molar-refractivity contribution in [2.75, 3.05) is 7.11 Å². The van der Waals surface area contributed by atoms with E-state index < -0.39 is 0 Å². The van der Waals surface area contributed by atoms with Crippen LogP contribution in [0.1, 0.15) is 25.3 Å². The normalized spacial score (nSPS) is 13.2. The van der Waals surface area contributed by atoms with Gasteiger partial charge in [0.15, 0.2) is 0 Å². The van der Waals surface area contributed by atoms with E-state index in [4.69, 9.17) is 4.74 Å². The maximum absolute atomic E-state index is 12.6. The Morgan fingerprint density at radius 2 is 1.95 bits per heavy atom. The van der Waals surface area contributed by atoms with Gasteiger partial charge in [-0.05, 0) is 38.0 Å². The lowest BCUT2D eigenvalue weighted by atomic mass is 10.0. The van der Waals surface area contributed by atoms with Crippen LogP contribution in [0.2, 0.25) is 0 Å². The molecule has 0 aliphatic carbocycles. The van der Waals surface area contributed by atoms with Crippen LogP contribution in [0.25, 0.3) is 11.1 Å². The van der Waals surface area contributed by atoms with Crippen molar-refractivity contribution in [1.29, 1.82) is 0 Å². The average Bonchev–Trinajstić information content (AvgIpc) is 2.80. The van der Waals surface area contributed by atoms with E-state index in [1.807, 2.05) is 6.07 Å². The summed E-state index contributed by atoms with van der Waals surface area (Å²) in [7, 11) is 1.55. The first-order valence-electron chi connectivity index (χ1n) is 7.31. The number of hydrogen-bond acceptors (Lipinski definition) is 3. The van der Waals surface area contributed by atoms with Crippen LogP contribution in [0.15, 0.2) is 23.0 Å². The van der Waals surface area contributed by atoms with Crippen molar-refractivity contribution in [3.63, 3.8) is 0 Å². The largest absolute Gasteiger partial charge is 0.496 e. The minimum atomic E-state index is -0.176. The molecule has 1 aliphatic rings. The van der Waals surface area contributed by atoms with E-state index in [0.29, 0.717) is 30.0 Å². The highest BCUT2D eigenvalue weighted by Gasteiger charge is 2.24. The fourth-order valence-electron chi connectivity index (χ4n) is 2.91. The molecule has 114 valence electrons. The van der Waals surface area contributed by atoms with Crippen molar-refractivity contribution in [2.24, 2.45) is 0 Å². The maximum atomic E-state index is 12.6. The van der Waals surface area contributed by atoms with Gasteiger partial charge in [0.2, 0.25) is 5.88 Å². The molecule has 0 radical (unpaired) electrons. The van der Waals surface area contributed by atoms with Gasteiger partial charge in [0, 0.05) is 24.2 Å². The summed E-state index contributed by atoms with van der Waals surface area (Å²) in [5, 5.41) is 10.5. The van der Waals surface area contributed by atoms with E-state index in [0.717, 1.165) is 18.4 Å². The summed E-state index contributed by atoms with van der Waals surface area (Å²) in [5.41, 5.74) is 1.53. The summed E-state index contributed by atoms with van der Waals surface area (Å²) < 4.78 is 8.65. The van der Waals surface area contributed by atoms with Crippen molar-refractivity contribution in [1.82, 2.24) is 9.36 Å². The minimum Gasteiger partial charge on any atom is -0.496 e. The summed E-state index contributed by atoms with van der Waals surface area (Å²) in [5.74, 6) is 6.34. The van der Waals surface area contributed by atoms with Crippen LogP contribution in [0.3, 0.4) is 0 Å². The van der Waals surface area contributed by atoms with Crippen molar-refractivity contribution < 1.29 is 9.84 Å². The Bertz CT molecular complexity index is 834. The summed E-state index contributed by atoms with van der Waals surface area (Å²) in [6, 6.07) is 5.39. The molecule has 2 heterocycles. The monoisotopic (exact) mass is 298 g/mol. The quantitative estimate of drug-likeness (QED) is 0.865. The van der Waals surface area contributed by atoms with E-state index in [1.54, 1.807) is 35.5 Å². The van der Waals surface area contributed by atoms with Crippen molar-refractivity contribution in [3.8, 4) is 34.6 Å². The third kappa shape index (κ3) is 2.17. The van der Waals surface area contributed by atoms with Gasteiger partial charge in [0.05, 0.1) is 7.11 Å². The molecule has 0 fully saturated rings. The molecule has 0 atom stereocenters. The smallest absolute Gasteiger partial charge is 0.278 e. The van der Waals surface area contributed by atoms with Gasteiger partial charge in [0.25, 0.3) is 5.56 Å². The number of nitrogens with zero attached hydrogens (tertiary/aromatic N) is 2. The van der Waals surface area contributed by atoms with Crippen LogP contribution in [-0.4, -0.2) is 21.6 Å². The van der Waals surface area contributed by atoms with E-state index >= 15 is 0 Å². The Morgan fingerprint density at radius 3 is 2.59 bits per heavy atom. The van der Waals surface area contributed by atoms with Crippen LogP contribution in [0.5, 0.6) is 11.6 Å². The van der Waals surface area contributed by atoms with Crippen molar-refractivity contribution in [3.05, 3.63) is 34.1 Å². The number of benzene rings is 1. The predicted molar refractivity (Wildman–Crippen MR) is 84.1 cm³/mol. The second-order valence-corrected chi connectivity index (χ2v) is 5.25. The van der Waals surface area contributed by atoms with E-state index in [9.17, 15) is 9.90 Å². The predicted octanol–water partition coefficient (Wildman–Crippen LogP) is 2.20. The first kappa shape index (κ1) is 14.3. The van der Waals surface area contributed by atoms with Gasteiger partial charge < -0.3 is 9.84 Å². The van der Waals surface area contributed by atoms with Gasteiger partial charge in [-0.2, -0.15) is 0 Å². The molecule has 1 aromatic heterocycles. The number of rotatable bonds is 2. The molecule has 0 amide bonds. The van der Waals surface area contributed by atoms with Crippen LogP contribution >= 0.6 is 0 Å². The molecule has 5 heteroatoms. The Hall–Kier alpha value is -2.61. The highest BCUT2D eigenvalue weighted by atomic mass is 16.5. The molecule has 0 saturated carbocycles. The number of methoxy groups -OCH3 is 1. The van der Waals surface area contributed by atoms with E-state index in [1.165, 1.54) is 0 Å². The first-order valence-corrected chi connectivity index (χ1v) is 7.31. The zero-order valence-corrected chi connectivity index (χ0v) is 12.7. The third-order valence-corrected chi connectivity index (χ3v) is 3.94. The van der Waals surface area contributed by atoms with Crippen LogP contribution in [0, 0.1) is 11.8 Å².